The van der Waals surface area contributed by atoms with Gasteiger partial charge in [0.1, 0.15) is 0 Å². The molecule has 1 aromatic heterocycles. The lowest BCUT2D eigenvalue weighted by Crippen LogP contribution is -2.45. The fourth-order valence-electron chi connectivity index (χ4n) is 3.34. The lowest BCUT2D eigenvalue weighted by atomic mass is 9.99. The van der Waals surface area contributed by atoms with Crippen molar-refractivity contribution in [1.29, 1.82) is 0 Å². The van der Waals surface area contributed by atoms with E-state index in [1.807, 2.05) is 6.07 Å². The van der Waals surface area contributed by atoms with Crippen LogP contribution in [-0.4, -0.2) is 50.9 Å². The summed E-state index contributed by atoms with van der Waals surface area (Å²) in [6.45, 7) is 0.893. The molecular weight excluding hydrogens is 394 g/mol. The van der Waals surface area contributed by atoms with E-state index in [1.165, 1.54) is 30.7 Å². The number of sulfonamides is 1. The molecule has 0 spiro atoms. The monoisotopic (exact) mass is 419 g/mol. The summed E-state index contributed by atoms with van der Waals surface area (Å²) < 4.78 is 37.9. The number of aromatic nitrogens is 1. The fourth-order valence-corrected chi connectivity index (χ4v) is 4.88. The van der Waals surface area contributed by atoms with Crippen LogP contribution >= 0.6 is 0 Å². The van der Waals surface area contributed by atoms with Gasteiger partial charge in [-0.25, -0.2) is 8.42 Å². The second-order valence-corrected chi connectivity index (χ2v) is 8.74. The molecule has 156 valence electrons. The van der Waals surface area contributed by atoms with Gasteiger partial charge in [0.25, 0.3) is 0 Å². The maximum atomic E-state index is 13.1. The Labute approximate surface area is 170 Å². The highest BCUT2D eigenvalue weighted by Gasteiger charge is 2.33. The predicted molar refractivity (Wildman–Crippen MR) is 107 cm³/mol. The van der Waals surface area contributed by atoms with Crippen LogP contribution in [0.5, 0.6) is 11.5 Å². The summed E-state index contributed by atoms with van der Waals surface area (Å²) in [4.78, 5) is 16.7. The zero-order chi connectivity index (χ0) is 20.9. The van der Waals surface area contributed by atoms with Crippen LogP contribution in [0.15, 0.2) is 47.6 Å². The van der Waals surface area contributed by atoms with Gasteiger partial charge in [-0.05, 0) is 36.6 Å². The standard InChI is InChI=1S/C20H25N3O5S/c1-27-18-8-7-17(11-19(18)28-2)29(25,26)23-10-4-6-16(14-23)20(24)22-13-15-5-3-9-21-12-15/h3,5,7-9,11-12,16H,4,6,10,13-14H2,1-2H3,(H,22,24)/t16-/m1/s1. The van der Waals surface area contributed by atoms with Gasteiger partial charge >= 0.3 is 0 Å². The molecule has 1 aromatic carbocycles. The summed E-state index contributed by atoms with van der Waals surface area (Å²) in [5.41, 5.74) is 0.895. The van der Waals surface area contributed by atoms with Crippen LogP contribution in [0.3, 0.4) is 0 Å². The minimum Gasteiger partial charge on any atom is -0.493 e. The van der Waals surface area contributed by atoms with Crippen molar-refractivity contribution in [3.8, 4) is 11.5 Å². The van der Waals surface area contributed by atoms with Gasteiger partial charge < -0.3 is 14.8 Å². The highest BCUT2D eigenvalue weighted by Crippen LogP contribution is 2.32. The van der Waals surface area contributed by atoms with Crippen molar-refractivity contribution >= 4 is 15.9 Å². The summed E-state index contributed by atoms with van der Waals surface area (Å²) in [6.07, 6.45) is 4.63. The first-order valence-electron chi connectivity index (χ1n) is 9.34. The molecule has 1 aliphatic heterocycles. The van der Waals surface area contributed by atoms with E-state index in [0.29, 0.717) is 37.4 Å². The number of amides is 1. The molecule has 1 amide bonds. The second kappa shape index (κ2) is 9.23. The SMILES string of the molecule is COc1ccc(S(=O)(=O)N2CCC[C@@H](C(=O)NCc3cccnc3)C2)cc1OC. The van der Waals surface area contributed by atoms with Gasteiger partial charge in [-0.3, -0.25) is 9.78 Å². The van der Waals surface area contributed by atoms with Crippen LogP contribution in [0, 0.1) is 5.92 Å². The van der Waals surface area contributed by atoms with Crippen LogP contribution in [-0.2, 0) is 21.4 Å². The first-order valence-corrected chi connectivity index (χ1v) is 10.8. The van der Waals surface area contributed by atoms with Crippen molar-refractivity contribution in [2.45, 2.75) is 24.3 Å². The average molecular weight is 420 g/mol. The molecule has 0 bridgehead atoms. The minimum absolute atomic E-state index is 0.117. The molecule has 9 heteroatoms. The second-order valence-electron chi connectivity index (χ2n) is 6.80. The number of methoxy groups -OCH3 is 2. The smallest absolute Gasteiger partial charge is 0.243 e. The van der Waals surface area contributed by atoms with Gasteiger partial charge in [-0.2, -0.15) is 4.31 Å². The number of nitrogens with zero attached hydrogens (tertiary/aromatic N) is 2. The number of ether oxygens (including phenoxy) is 2. The summed E-state index contributed by atoms with van der Waals surface area (Å²) in [5, 5.41) is 2.88. The van der Waals surface area contributed by atoms with Crippen LogP contribution < -0.4 is 14.8 Å². The van der Waals surface area contributed by atoms with E-state index < -0.39 is 15.9 Å². The number of rotatable bonds is 7. The molecule has 0 radical (unpaired) electrons. The van der Waals surface area contributed by atoms with Crippen molar-refractivity contribution in [3.63, 3.8) is 0 Å². The molecule has 29 heavy (non-hydrogen) atoms. The van der Waals surface area contributed by atoms with Crippen molar-refractivity contribution in [2.24, 2.45) is 5.92 Å². The molecular formula is C20H25N3O5S. The third-order valence-corrected chi connectivity index (χ3v) is 6.80. The van der Waals surface area contributed by atoms with Gasteiger partial charge in [-0.1, -0.05) is 6.07 Å². The quantitative estimate of drug-likeness (QED) is 0.735. The number of hydrogen-bond donors (Lipinski definition) is 1. The third-order valence-electron chi connectivity index (χ3n) is 4.94. The van der Waals surface area contributed by atoms with E-state index in [4.69, 9.17) is 9.47 Å². The Morgan fingerprint density at radius 2 is 2.03 bits per heavy atom. The molecule has 1 aliphatic rings. The lowest BCUT2D eigenvalue weighted by Gasteiger charge is -2.31. The molecule has 1 saturated heterocycles. The number of carbonyl (C=O) groups excluding carboxylic acids is 1. The molecule has 1 fully saturated rings. The van der Waals surface area contributed by atoms with Gasteiger partial charge in [0.2, 0.25) is 15.9 Å². The zero-order valence-corrected chi connectivity index (χ0v) is 17.3. The Hall–Kier alpha value is -2.65. The van der Waals surface area contributed by atoms with E-state index in [9.17, 15) is 13.2 Å². The minimum atomic E-state index is -3.75. The Kier molecular flexibility index (Phi) is 6.71. The normalized spacial score (nSPS) is 17.5. The number of nitrogens with one attached hydrogen (secondary N) is 1. The summed E-state index contributed by atoms with van der Waals surface area (Å²) in [6, 6.07) is 8.18. The number of pyridine rings is 1. The Morgan fingerprint density at radius 1 is 1.24 bits per heavy atom. The number of piperidine rings is 1. The molecule has 0 aliphatic carbocycles. The molecule has 1 N–H and O–H groups in total. The highest BCUT2D eigenvalue weighted by atomic mass is 32.2. The van der Waals surface area contributed by atoms with E-state index in [-0.39, 0.29) is 17.3 Å². The van der Waals surface area contributed by atoms with Crippen LogP contribution in [0.4, 0.5) is 0 Å². The average Bonchev–Trinajstić information content (AvgIpc) is 2.77. The Balaban J connectivity index is 1.70. The van der Waals surface area contributed by atoms with Gasteiger partial charge in [0.05, 0.1) is 25.0 Å². The first-order chi connectivity index (χ1) is 14.0. The first kappa shape index (κ1) is 21.1. The third kappa shape index (κ3) is 4.86. The maximum Gasteiger partial charge on any atom is 0.243 e. The topological polar surface area (TPSA) is 97.8 Å². The Bertz CT molecular complexity index is 950. The van der Waals surface area contributed by atoms with Crippen molar-refractivity contribution in [2.75, 3.05) is 27.3 Å². The largest absolute Gasteiger partial charge is 0.493 e. The fraction of sp³-hybridized carbons (Fsp3) is 0.400. The molecule has 8 nitrogen and oxygen atoms in total. The molecule has 0 unspecified atom stereocenters. The van der Waals surface area contributed by atoms with Gasteiger partial charge in [-0.15, -0.1) is 0 Å². The number of carbonyl (C=O) groups is 1. The van der Waals surface area contributed by atoms with E-state index in [1.54, 1.807) is 24.5 Å². The number of hydrogen-bond acceptors (Lipinski definition) is 6. The van der Waals surface area contributed by atoms with E-state index >= 15 is 0 Å². The van der Waals surface area contributed by atoms with E-state index in [2.05, 4.69) is 10.3 Å². The zero-order valence-electron chi connectivity index (χ0n) is 16.5. The molecule has 3 rings (SSSR count). The maximum absolute atomic E-state index is 13.1. The van der Waals surface area contributed by atoms with Crippen LogP contribution in [0.2, 0.25) is 0 Å². The summed E-state index contributed by atoms with van der Waals surface area (Å²) >= 11 is 0. The molecule has 1 atom stereocenters. The Morgan fingerprint density at radius 3 is 2.72 bits per heavy atom. The lowest BCUT2D eigenvalue weighted by molar-refractivity contribution is -0.126. The van der Waals surface area contributed by atoms with E-state index in [0.717, 1.165) is 5.56 Å². The molecule has 2 heterocycles. The van der Waals surface area contributed by atoms with Gasteiger partial charge in [0, 0.05) is 38.1 Å². The van der Waals surface area contributed by atoms with Crippen molar-refractivity contribution in [3.05, 3.63) is 48.3 Å². The van der Waals surface area contributed by atoms with Gasteiger partial charge in [0.15, 0.2) is 11.5 Å². The molecule has 2 aromatic rings. The van der Waals surface area contributed by atoms with Crippen molar-refractivity contribution in [1.82, 2.24) is 14.6 Å². The van der Waals surface area contributed by atoms with Crippen molar-refractivity contribution < 1.29 is 22.7 Å². The molecule has 0 saturated carbocycles. The highest BCUT2D eigenvalue weighted by molar-refractivity contribution is 7.89. The predicted octanol–water partition coefficient (Wildman–Crippen LogP) is 1.82. The summed E-state index contributed by atoms with van der Waals surface area (Å²) in [5.74, 6) is 0.255. The van der Waals surface area contributed by atoms with Crippen LogP contribution in [0.25, 0.3) is 0 Å². The van der Waals surface area contributed by atoms with Crippen LogP contribution in [0.1, 0.15) is 18.4 Å². The number of benzene rings is 1. The summed E-state index contributed by atoms with van der Waals surface area (Å²) in [7, 11) is -0.798.